The van der Waals surface area contributed by atoms with Gasteiger partial charge in [-0.1, -0.05) is 12.1 Å². The Morgan fingerprint density at radius 2 is 2.06 bits per heavy atom. The van der Waals surface area contributed by atoms with Gasteiger partial charge in [-0.2, -0.15) is 0 Å². The summed E-state index contributed by atoms with van der Waals surface area (Å²) in [7, 11) is 0. The predicted molar refractivity (Wildman–Crippen MR) is 73.9 cm³/mol. The third-order valence-electron chi connectivity index (χ3n) is 3.51. The Balaban J connectivity index is 1.55. The average Bonchev–Trinajstić information content (AvgIpc) is 2.94. The van der Waals surface area contributed by atoms with E-state index in [1.54, 1.807) is 4.90 Å². The van der Waals surface area contributed by atoms with Gasteiger partial charge < -0.3 is 4.90 Å². The van der Waals surface area contributed by atoms with Crippen molar-refractivity contribution in [3.05, 3.63) is 46.8 Å². The zero-order valence-electron chi connectivity index (χ0n) is 10.4. The number of pyridine rings is 1. The molecule has 0 spiro atoms. The van der Waals surface area contributed by atoms with Crippen LogP contribution < -0.4 is 14.8 Å². The molecule has 1 aliphatic heterocycles. The summed E-state index contributed by atoms with van der Waals surface area (Å²) in [5.41, 5.74) is 0. The standard InChI is InChI=1S/C14H17N3S/c1-2-6-15-14(5-1)17-9-7-16(8-10-17)12-13-4-3-11-18-13/h1-6,11H,7-10,12H2/p+2. The molecule has 0 saturated carbocycles. The lowest BCUT2D eigenvalue weighted by molar-refractivity contribution is -0.914. The van der Waals surface area contributed by atoms with E-state index in [2.05, 4.69) is 39.5 Å². The molecule has 1 fully saturated rings. The number of thiophene rings is 1. The van der Waals surface area contributed by atoms with Gasteiger partial charge in [0.1, 0.15) is 32.7 Å². The van der Waals surface area contributed by atoms with E-state index in [0.717, 1.165) is 13.1 Å². The maximum absolute atomic E-state index is 3.32. The van der Waals surface area contributed by atoms with Crippen LogP contribution in [0, 0.1) is 0 Å². The van der Waals surface area contributed by atoms with E-state index < -0.39 is 0 Å². The van der Waals surface area contributed by atoms with Crippen molar-refractivity contribution in [2.45, 2.75) is 6.54 Å². The first-order chi connectivity index (χ1) is 8.92. The summed E-state index contributed by atoms with van der Waals surface area (Å²) in [5, 5.41) is 2.17. The first-order valence-electron chi connectivity index (χ1n) is 6.49. The quantitative estimate of drug-likeness (QED) is 0.852. The molecule has 3 rings (SSSR count). The number of H-pyrrole nitrogens is 1. The molecular formula is C14H19N3S+2. The number of hydrogen-bond donors (Lipinski definition) is 1. The number of anilines is 1. The molecule has 94 valence electrons. The lowest BCUT2D eigenvalue weighted by Crippen LogP contribution is -3.13. The van der Waals surface area contributed by atoms with Gasteiger partial charge in [-0.15, -0.1) is 11.3 Å². The van der Waals surface area contributed by atoms with Crippen LogP contribution in [0.4, 0.5) is 5.82 Å². The number of aromatic amines is 1. The summed E-state index contributed by atoms with van der Waals surface area (Å²) in [5.74, 6) is 1.24. The molecule has 4 heteroatoms. The van der Waals surface area contributed by atoms with Crippen molar-refractivity contribution in [2.75, 3.05) is 31.1 Å². The second-order valence-electron chi connectivity index (χ2n) is 4.74. The van der Waals surface area contributed by atoms with E-state index in [1.165, 1.54) is 30.3 Å². The molecule has 1 saturated heterocycles. The maximum Gasteiger partial charge on any atom is 0.274 e. The third kappa shape index (κ3) is 2.71. The molecule has 2 aromatic heterocycles. The fourth-order valence-electron chi connectivity index (χ4n) is 2.48. The van der Waals surface area contributed by atoms with E-state index in [4.69, 9.17) is 0 Å². The van der Waals surface area contributed by atoms with E-state index in [0.29, 0.717) is 0 Å². The molecule has 0 radical (unpaired) electrons. The highest BCUT2D eigenvalue weighted by molar-refractivity contribution is 7.09. The van der Waals surface area contributed by atoms with Gasteiger partial charge in [-0.05, 0) is 17.5 Å². The summed E-state index contributed by atoms with van der Waals surface area (Å²) < 4.78 is 0. The lowest BCUT2D eigenvalue weighted by atomic mass is 10.3. The average molecular weight is 261 g/mol. The van der Waals surface area contributed by atoms with Crippen molar-refractivity contribution < 1.29 is 9.88 Å². The van der Waals surface area contributed by atoms with E-state index in [1.807, 2.05) is 23.6 Å². The Morgan fingerprint density at radius 3 is 2.72 bits per heavy atom. The Labute approximate surface area is 112 Å². The number of hydrogen-bond acceptors (Lipinski definition) is 2. The van der Waals surface area contributed by atoms with E-state index in [-0.39, 0.29) is 0 Å². The molecule has 0 aromatic carbocycles. The van der Waals surface area contributed by atoms with Gasteiger partial charge >= 0.3 is 0 Å². The highest BCUT2D eigenvalue weighted by Gasteiger charge is 2.25. The minimum Gasteiger partial charge on any atom is -0.324 e. The van der Waals surface area contributed by atoms with Crippen LogP contribution in [0.5, 0.6) is 0 Å². The smallest absolute Gasteiger partial charge is 0.274 e. The third-order valence-corrected chi connectivity index (χ3v) is 4.38. The minimum absolute atomic E-state index is 1.14. The molecule has 0 bridgehead atoms. The molecular weight excluding hydrogens is 242 g/mol. The summed E-state index contributed by atoms with van der Waals surface area (Å²) >= 11 is 1.87. The van der Waals surface area contributed by atoms with Crippen LogP contribution in [0.3, 0.4) is 0 Å². The molecule has 18 heavy (non-hydrogen) atoms. The lowest BCUT2D eigenvalue weighted by Gasteiger charge is -2.27. The molecule has 2 aromatic rings. The predicted octanol–water partition coefficient (Wildman–Crippen LogP) is 0.467. The van der Waals surface area contributed by atoms with Crippen LogP contribution in [-0.4, -0.2) is 26.2 Å². The fourth-order valence-corrected chi connectivity index (χ4v) is 3.26. The van der Waals surface area contributed by atoms with Crippen molar-refractivity contribution in [3.8, 4) is 0 Å². The van der Waals surface area contributed by atoms with Gasteiger partial charge in [0.15, 0.2) is 0 Å². The Bertz CT molecular complexity index is 461. The van der Waals surface area contributed by atoms with Crippen molar-refractivity contribution in [1.29, 1.82) is 0 Å². The normalized spacial score (nSPS) is 17.0. The van der Waals surface area contributed by atoms with Crippen LogP contribution in [-0.2, 0) is 6.54 Å². The van der Waals surface area contributed by atoms with E-state index in [9.17, 15) is 0 Å². The summed E-state index contributed by atoms with van der Waals surface area (Å²) in [6.07, 6.45) is 2.00. The summed E-state index contributed by atoms with van der Waals surface area (Å²) in [4.78, 5) is 8.96. The molecule has 0 aliphatic carbocycles. The van der Waals surface area contributed by atoms with Crippen LogP contribution >= 0.6 is 11.3 Å². The minimum atomic E-state index is 1.14. The zero-order valence-corrected chi connectivity index (χ0v) is 11.2. The molecule has 0 amide bonds. The molecule has 3 nitrogen and oxygen atoms in total. The van der Waals surface area contributed by atoms with Gasteiger partial charge in [0, 0.05) is 6.07 Å². The number of nitrogens with one attached hydrogen (secondary N) is 2. The topological polar surface area (TPSA) is 21.8 Å². The highest BCUT2D eigenvalue weighted by atomic mass is 32.1. The number of rotatable bonds is 3. The molecule has 1 aliphatic rings. The molecule has 2 N–H and O–H groups in total. The monoisotopic (exact) mass is 261 g/mol. The van der Waals surface area contributed by atoms with Gasteiger partial charge in [0.2, 0.25) is 0 Å². The highest BCUT2D eigenvalue weighted by Crippen LogP contribution is 2.07. The first-order valence-corrected chi connectivity index (χ1v) is 7.37. The van der Waals surface area contributed by atoms with Gasteiger partial charge in [-0.25, -0.2) is 4.98 Å². The fraction of sp³-hybridized carbons (Fsp3) is 0.357. The van der Waals surface area contributed by atoms with Crippen LogP contribution in [0.25, 0.3) is 0 Å². The van der Waals surface area contributed by atoms with Crippen LogP contribution in [0.15, 0.2) is 41.9 Å². The molecule has 0 atom stereocenters. The number of piperazine rings is 1. The van der Waals surface area contributed by atoms with Crippen molar-refractivity contribution in [3.63, 3.8) is 0 Å². The Hall–Kier alpha value is -1.39. The van der Waals surface area contributed by atoms with Crippen molar-refractivity contribution >= 4 is 17.2 Å². The number of nitrogens with zero attached hydrogens (tertiary/aromatic N) is 1. The van der Waals surface area contributed by atoms with Crippen molar-refractivity contribution in [1.82, 2.24) is 0 Å². The Morgan fingerprint density at radius 1 is 1.17 bits per heavy atom. The summed E-state index contributed by atoms with van der Waals surface area (Å²) in [6.45, 7) is 5.91. The zero-order chi connectivity index (χ0) is 12.2. The Kier molecular flexibility index (Phi) is 3.57. The first kappa shape index (κ1) is 11.7. The SMILES string of the molecule is c1ccc(N2CC[NH+](Cc3cccs3)CC2)[nH+]c1. The van der Waals surface area contributed by atoms with Crippen LogP contribution in [0.1, 0.15) is 4.88 Å². The second kappa shape index (κ2) is 5.50. The second-order valence-corrected chi connectivity index (χ2v) is 5.77. The maximum atomic E-state index is 3.32. The molecule has 3 heterocycles. The van der Waals surface area contributed by atoms with Gasteiger partial charge in [0.05, 0.1) is 11.1 Å². The van der Waals surface area contributed by atoms with E-state index >= 15 is 0 Å². The number of quaternary nitrogens is 1. The van der Waals surface area contributed by atoms with Gasteiger partial charge in [-0.3, -0.25) is 4.90 Å². The number of aromatic nitrogens is 1. The van der Waals surface area contributed by atoms with Gasteiger partial charge in [0.25, 0.3) is 5.82 Å². The largest absolute Gasteiger partial charge is 0.324 e. The summed E-state index contributed by atoms with van der Waals surface area (Å²) in [6, 6.07) is 10.7. The van der Waals surface area contributed by atoms with Crippen molar-refractivity contribution in [2.24, 2.45) is 0 Å². The molecule has 0 unspecified atom stereocenters. The van der Waals surface area contributed by atoms with Crippen LogP contribution in [0.2, 0.25) is 0 Å².